The number of nitrogens with one attached hydrogen (secondary N) is 1. The van der Waals surface area contributed by atoms with E-state index in [0.717, 1.165) is 37.4 Å². The van der Waals surface area contributed by atoms with Crippen LogP contribution >= 0.6 is 11.3 Å². The topological polar surface area (TPSA) is 71.1 Å². The molecule has 0 aliphatic carbocycles. The largest absolute Gasteiger partial charge is 0.397 e. The fourth-order valence-corrected chi connectivity index (χ4v) is 2.14. The van der Waals surface area contributed by atoms with Crippen LogP contribution in [-0.2, 0) is 4.74 Å². The zero-order chi connectivity index (χ0) is 11.8. The van der Waals surface area contributed by atoms with Gasteiger partial charge in [-0.25, -0.2) is 0 Å². The van der Waals surface area contributed by atoms with E-state index >= 15 is 0 Å². The fraction of sp³-hybridized carbons (Fsp3) is 0.545. The van der Waals surface area contributed by atoms with E-state index in [0.29, 0.717) is 10.6 Å². The second-order valence-corrected chi connectivity index (χ2v) is 4.54. The summed E-state index contributed by atoms with van der Waals surface area (Å²) in [5.41, 5.74) is 6.22. The number of rotatable bonds is 7. The van der Waals surface area contributed by atoms with Crippen LogP contribution in [0.15, 0.2) is 6.07 Å². The molecule has 16 heavy (non-hydrogen) atoms. The van der Waals surface area contributed by atoms with Gasteiger partial charge in [0.25, 0.3) is 0 Å². The van der Waals surface area contributed by atoms with Crippen molar-refractivity contribution in [2.75, 3.05) is 31.3 Å². The Morgan fingerprint density at radius 2 is 2.31 bits per heavy atom. The van der Waals surface area contributed by atoms with Crippen LogP contribution in [0.3, 0.4) is 0 Å². The van der Waals surface area contributed by atoms with Crippen LogP contribution in [0.25, 0.3) is 0 Å². The molecule has 0 amide bonds. The second kappa shape index (κ2) is 7.09. The Bertz CT molecular complexity index is 357. The molecule has 88 valence electrons. The zero-order valence-electron chi connectivity index (χ0n) is 9.45. The highest BCUT2D eigenvalue weighted by atomic mass is 32.1. The van der Waals surface area contributed by atoms with Gasteiger partial charge in [-0.15, -0.1) is 11.3 Å². The molecule has 1 aromatic rings. The number of methoxy groups -OCH3 is 1. The van der Waals surface area contributed by atoms with Gasteiger partial charge < -0.3 is 15.8 Å². The molecule has 0 unspecified atom stereocenters. The summed E-state index contributed by atoms with van der Waals surface area (Å²) >= 11 is 1.41. The van der Waals surface area contributed by atoms with Crippen LogP contribution < -0.4 is 11.1 Å². The van der Waals surface area contributed by atoms with Crippen LogP contribution in [0.1, 0.15) is 24.1 Å². The minimum absolute atomic E-state index is 0.564. The number of thiophene rings is 1. The Morgan fingerprint density at radius 3 is 2.94 bits per heavy atom. The first-order valence-corrected chi connectivity index (χ1v) is 6.11. The van der Waals surface area contributed by atoms with Crippen molar-refractivity contribution in [3.05, 3.63) is 10.9 Å². The van der Waals surface area contributed by atoms with Crippen LogP contribution in [-0.4, -0.2) is 20.3 Å². The van der Waals surface area contributed by atoms with Crippen molar-refractivity contribution >= 4 is 22.0 Å². The third-order valence-corrected chi connectivity index (χ3v) is 3.20. The van der Waals surface area contributed by atoms with Crippen LogP contribution in [0.2, 0.25) is 0 Å². The van der Waals surface area contributed by atoms with Gasteiger partial charge in [0.05, 0.1) is 10.7 Å². The number of unbranched alkanes of at least 4 members (excludes halogenated alkanes) is 2. The van der Waals surface area contributed by atoms with E-state index in [1.807, 2.05) is 6.07 Å². The Hall–Kier alpha value is -1.25. The van der Waals surface area contributed by atoms with E-state index in [1.165, 1.54) is 11.3 Å². The lowest BCUT2D eigenvalue weighted by molar-refractivity contribution is 0.192. The van der Waals surface area contributed by atoms with E-state index < -0.39 is 0 Å². The first-order valence-electron chi connectivity index (χ1n) is 5.30. The van der Waals surface area contributed by atoms with Gasteiger partial charge in [0.1, 0.15) is 10.9 Å². The van der Waals surface area contributed by atoms with Gasteiger partial charge >= 0.3 is 0 Å². The molecule has 1 heterocycles. The Morgan fingerprint density at radius 1 is 1.50 bits per heavy atom. The van der Waals surface area contributed by atoms with Crippen molar-refractivity contribution in [3.63, 3.8) is 0 Å². The summed E-state index contributed by atoms with van der Waals surface area (Å²) in [5, 5.41) is 13.0. The van der Waals surface area contributed by atoms with Gasteiger partial charge in [-0.2, -0.15) is 5.26 Å². The highest BCUT2D eigenvalue weighted by Crippen LogP contribution is 2.28. The Labute approximate surface area is 100 Å². The van der Waals surface area contributed by atoms with Gasteiger partial charge in [0, 0.05) is 20.3 Å². The SMILES string of the molecule is COCCCCCNc1cc(N)c(C#N)s1. The number of nitrogens with two attached hydrogens (primary N) is 1. The number of anilines is 2. The maximum atomic E-state index is 8.74. The normalized spacial score (nSPS) is 10.0. The van der Waals surface area contributed by atoms with Gasteiger partial charge in [-0.05, 0) is 25.3 Å². The maximum absolute atomic E-state index is 8.74. The molecule has 0 fully saturated rings. The smallest absolute Gasteiger partial charge is 0.129 e. The van der Waals surface area contributed by atoms with Crippen molar-refractivity contribution in [2.45, 2.75) is 19.3 Å². The second-order valence-electron chi connectivity index (χ2n) is 3.49. The lowest BCUT2D eigenvalue weighted by atomic mass is 10.2. The first-order chi connectivity index (χ1) is 7.77. The number of nitrogens with zero attached hydrogens (tertiary/aromatic N) is 1. The molecule has 0 aliphatic rings. The molecular formula is C11H17N3OS. The van der Waals surface area contributed by atoms with Crippen LogP contribution in [0.4, 0.5) is 10.7 Å². The summed E-state index contributed by atoms with van der Waals surface area (Å²) in [5.74, 6) is 0. The molecule has 3 N–H and O–H groups in total. The van der Waals surface area contributed by atoms with Gasteiger partial charge in [0.2, 0.25) is 0 Å². The summed E-state index contributed by atoms with van der Waals surface area (Å²) in [7, 11) is 1.72. The molecule has 0 aliphatic heterocycles. The van der Waals surface area contributed by atoms with Gasteiger partial charge in [0.15, 0.2) is 0 Å². The molecule has 0 radical (unpaired) electrons. The predicted molar refractivity (Wildman–Crippen MR) is 67.7 cm³/mol. The Balaban J connectivity index is 2.20. The number of ether oxygens (including phenoxy) is 1. The minimum atomic E-state index is 0.564. The van der Waals surface area contributed by atoms with Gasteiger partial charge in [-0.3, -0.25) is 0 Å². The molecule has 0 spiro atoms. The molecule has 1 rings (SSSR count). The number of hydrogen-bond donors (Lipinski definition) is 2. The lowest BCUT2D eigenvalue weighted by Crippen LogP contribution is -2.00. The van der Waals surface area contributed by atoms with Crippen LogP contribution in [0.5, 0.6) is 0 Å². The lowest BCUT2D eigenvalue weighted by Gasteiger charge is -2.02. The van der Waals surface area contributed by atoms with E-state index in [4.69, 9.17) is 15.7 Å². The first kappa shape index (κ1) is 12.8. The van der Waals surface area contributed by atoms with Crippen molar-refractivity contribution in [2.24, 2.45) is 0 Å². The van der Waals surface area contributed by atoms with Gasteiger partial charge in [-0.1, -0.05) is 0 Å². The van der Waals surface area contributed by atoms with E-state index in [2.05, 4.69) is 11.4 Å². The number of nitriles is 1. The average molecular weight is 239 g/mol. The predicted octanol–water partition coefficient (Wildman–Crippen LogP) is 2.43. The molecule has 5 heteroatoms. The molecule has 0 bridgehead atoms. The average Bonchev–Trinajstić information content (AvgIpc) is 2.64. The van der Waals surface area contributed by atoms with Crippen molar-refractivity contribution in [1.29, 1.82) is 5.26 Å². The molecule has 0 saturated carbocycles. The summed E-state index contributed by atoms with van der Waals surface area (Å²) in [4.78, 5) is 0.585. The molecular weight excluding hydrogens is 222 g/mol. The standard InChI is InChI=1S/C11H17N3OS/c1-15-6-4-2-3-5-14-11-7-9(13)10(8-12)16-11/h7,14H,2-6,13H2,1H3. The number of nitrogen functional groups attached to an aromatic ring is 1. The minimum Gasteiger partial charge on any atom is -0.397 e. The van der Waals surface area contributed by atoms with E-state index in [1.54, 1.807) is 7.11 Å². The molecule has 0 aromatic carbocycles. The third kappa shape index (κ3) is 4.09. The summed E-state index contributed by atoms with van der Waals surface area (Å²) < 4.78 is 4.97. The van der Waals surface area contributed by atoms with E-state index in [9.17, 15) is 0 Å². The maximum Gasteiger partial charge on any atom is 0.129 e. The fourth-order valence-electron chi connectivity index (χ4n) is 1.34. The highest BCUT2D eigenvalue weighted by Gasteiger charge is 2.04. The summed E-state index contributed by atoms with van der Waals surface area (Å²) in [6.45, 7) is 1.74. The number of hydrogen-bond acceptors (Lipinski definition) is 5. The molecule has 0 saturated heterocycles. The third-order valence-electron chi connectivity index (χ3n) is 2.19. The Kier molecular flexibility index (Phi) is 5.68. The molecule has 0 atom stereocenters. The van der Waals surface area contributed by atoms with Crippen molar-refractivity contribution < 1.29 is 4.74 Å². The summed E-state index contributed by atoms with van der Waals surface area (Å²) in [6, 6.07) is 3.89. The van der Waals surface area contributed by atoms with Crippen molar-refractivity contribution in [1.82, 2.24) is 0 Å². The highest BCUT2D eigenvalue weighted by molar-refractivity contribution is 7.17. The monoisotopic (exact) mass is 239 g/mol. The van der Waals surface area contributed by atoms with E-state index in [-0.39, 0.29) is 0 Å². The zero-order valence-corrected chi connectivity index (χ0v) is 10.3. The quantitative estimate of drug-likeness (QED) is 0.717. The van der Waals surface area contributed by atoms with Crippen LogP contribution in [0, 0.1) is 11.3 Å². The molecule has 1 aromatic heterocycles. The van der Waals surface area contributed by atoms with Crippen molar-refractivity contribution in [3.8, 4) is 6.07 Å². The molecule has 4 nitrogen and oxygen atoms in total. The summed E-state index contributed by atoms with van der Waals surface area (Å²) in [6.07, 6.45) is 3.34.